The van der Waals surface area contributed by atoms with E-state index in [1.54, 1.807) is 35.5 Å². The maximum atomic E-state index is 6.16. The lowest BCUT2D eigenvalue weighted by Gasteiger charge is -2.36. The van der Waals surface area contributed by atoms with Gasteiger partial charge in [-0.05, 0) is 0 Å². The highest BCUT2D eigenvalue weighted by atomic mass is 16.8. The molecule has 3 aliphatic rings. The molecule has 3 saturated heterocycles. The fourth-order valence-corrected chi connectivity index (χ4v) is 3.66. The zero-order chi connectivity index (χ0) is 17.3. The zero-order valence-electron chi connectivity index (χ0n) is 14.6. The van der Waals surface area contributed by atoms with Crippen molar-refractivity contribution in [1.82, 2.24) is 0 Å². The smallest absolute Gasteiger partial charge is 0.224 e. The van der Waals surface area contributed by atoms with Crippen molar-refractivity contribution < 1.29 is 42.6 Å². The molecule has 0 saturated carbocycles. The molecule has 0 aliphatic carbocycles. The number of hydrogen-bond donors (Lipinski definition) is 0. The van der Waals surface area contributed by atoms with Gasteiger partial charge in [-0.2, -0.15) is 0 Å². The fourth-order valence-electron chi connectivity index (χ4n) is 3.66. The van der Waals surface area contributed by atoms with Gasteiger partial charge in [-0.25, -0.2) is 0 Å². The van der Waals surface area contributed by atoms with E-state index >= 15 is 0 Å². The summed E-state index contributed by atoms with van der Waals surface area (Å²) in [6.45, 7) is 0.390. The van der Waals surface area contributed by atoms with Gasteiger partial charge in [-0.1, -0.05) is 0 Å². The van der Waals surface area contributed by atoms with Crippen molar-refractivity contribution in [2.45, 2.75) is 48.9 Å². The molecule has 24 heavy (non-hydrogen) atoms. The van der Waals surface area contributed by atoms with Crippen molar-refractivity contribution in [2.75, 3.05) is 48.8 Å². The third-order valence-corrected chi connectivity index (χ3v) is 4.74. The summed E-state index contributed by atoms with van der Waals surface area (Å²) < 4.78 is 51.4. The van der Waals surface area contributed by atoms with Crippen LogP contribution in [0.2, 0.25) is 0 Å². The molecule has 0 N–H and O–H groups in total. The molecule has 0 aromatic carbocycles. The lowest BCUT2D eigenvalue weighted by atomic mass is 10.1. The van der Waals surface area contributed by atoms with Crippen molar-refractivity contribution in [3.8, 4) is 0 Å². The molecule has 9 heteroatoms. The lowest BCUT2D eigenvalue weighted by molar-refractivity contribution is -0.339. The normalized spacial score (nSPS) is 48.1. The van der Waals surface area contributed by atoms with E-state index in [9.17, 15) is 0 Å². The van der Waals surface area contributed by atoms with Gasteiger partial charge in [0.25, 0.3) is 0 Å². The molecule has 0 aromatic rings. The van der Waals surface area contributed by atoms with Gasteiger partial charge in [-0.15, -0.1) is 0 Å². The van der Waals surface area contributed by atoms with E-state index in [1.165, 1.54) is 0 Å². The summed E-state index contributed by atoms with van der Waals surface area (Å²) in [6.07, 6.45) is -3.42. The Labute approximate surface area is 141 Å². The molecule has 3 fully saturated rings. The molecule has 8 atom stereocenters. The summed E-state index contributed by atoms with van der Waals surface area (Å²) in [5, 5.41) is 0. The Hall–Kier alpha value is -0.360. The maximum absolute atomic E-state index is 6.16. The fraction of sp³-hybridized carbons (Fsp3) is 1.00. The van der Waals surface area contributed by atoms with Crippen molar-refractivity contribution in [1.29, 1.82) is 0 Å². The van der Waals surface area contributed by atoms with E-state index in [0.717, 1.165) is 0 Å². The van der Waals surface area contributed by atoms with Crippen LogP contribution in [0, 0.1) is 0 Å². The number of hydrogen-bond acceptors (Lipinski definition) is 9. The Bertz CT molecular complexity index is 422. The van der Waals surface area contributed by atoms with Crippen LogP contribution >= 0.6 is 0 Å². The maximum Gasteiger partial charge on any atom is 0.224 e. The highest BCUT2D eigenvalue weighted by Gasteiger charge is 2.62. The minimum Gasteiger partial charge on any atom is -0.379 e. The Morgan fingerprint density at radius 3 is 2.25 bits per heavy atom. The van der Waals surface area contributed by atoms with Crippen LogP contribution in [0.5, 0.6) is 0 Å². The third kappa shape index (κ3) is 2.87. The minimum atomic E-state index is -1.13. The Morgan fingerprint density at radius 2 is 1.67 bits per heavy atom. The average Bonchev–Trinajstić information content (AvgIpc) is 3.07. The predicted molar refractivity (Wildman–Crippen MR) is 78.4 cm³/mol. The highest BCUT2D eigenvalue weighted by molar-refractivity contribution is 5.00. The Morgan fingerprint density at radius 1 is 0.917 bits per heavy atom. The molecular weight excluding hydrogens is 324 g/mol. The van der Waals surface area contributed by atoms with Gasteiger partial charge in [0.15, 0.2) is 12.6 Å². The van der Waals surface area contributed by atoms with Crippen LogP contribution in [-0.2, 0) is 42.6 Å². The number of rotatable bonds is 6. The van der Waals surface area contributed by atoms with E-state index in [-0.39, 0.29) is 19.3 Å². The van der Waals surface area contributed by atoms with Gasteiger partial charge in [0, 0.05) is 35.5 Å². The molecule has 0 amide bonds. The molecular formula is C15H26O9. The summed E-state index contributed by atoms with van der Waals surface area (Å²) in [5.41, 5.74) is 0. The first kappa shape index (κ1) is 18.4. The monoisotopic (exact) mass is 350 g/mol. The second-order valence-corrected chi connectivity index (χ2v) is 5.98. The third-order valence-electron chi connectivity index (χ3n) is 4.74. The summed E-state index contributed by atoms with van der Waals surface area (Å²) in [5.74, 6) is -1.13. The first-order valence-corrected chi connectivity index (χ1v) is 7.87. The Kier molecular flexibility index (Phi) is 5.75. The van der Waals surface area contributed by atoms with E-state index in [4.69, 9.17) is 42.6 Å². The van der Waals surface area contributed by atoms with Crippen LogP contribution in [0.1, 0.15) is 0 Å². The number of ether oxygens (including phenoxy) is 9. The predicted octanol–water partition coefficient (Wildman–Crippen LogP) is -0.483. The molecule has 9 nitrogen and oxygen atoms in total. The van der Waals surface area contributed by atoms with E-state index in [1.807, 2.05) is 0 Å². The molecule has 3 aliphatic heterocycles. The first-order valence-electron chi connectivity index (χ1n) is 7.87. The zero-order valence-corrected chi connectivity index (χ0v) is 14.6. The largest absolute Gasteiger partial charge is 0.379 e. The molecule has 3 heterocycles. The van der Waals surface area contributed by atoms with Gasteiger partial charge in [-0.3, -0.25) is 0 Å². The standard InChI is InChI=1S/C15H26O9/c1-16-7-15-12(19-4)11(18-3)14(24-15)23-9-8(6-21-15)22-13(20-5)10(9)17-2/h8-14H,6-7H2,1-5H3/t8-,9+,10+,11-,12-,13+,14-,15+/m1/s1. The van der Waals surface area contributed by atoms with E-state index < -0.39 is 42.8 Å². The molecule has 0 unspecified atom stereocenters. The van der Waals surface area contributed by atoms with Gasteiger partial charge in [0.05, 0.1) is 6.61 Å². The number of methoxy groups -OCH3 is 5. The summed E-state index contributed by atoms with van der Waals surface area (Å²) in [7, 11) is 7.86. The molecule has 140 valence electrons. The average molecular weight is 350 g/mol. The minimum absolute atomic E-state index is 0.171. The second-order valence-electron chi connectivity index (χ2n) is 5.98. The lowest BCUT2D eigenvalue weighted by Crippen LogP contribution is -2.52. The van der Waals surface area contributed by atoms with Crippen molar-refractivity contribution in [3.63, 3.8) is 0 Å². The summed E-state index contributed by atoms with van der Waals surface area (Å²) in [6, 6.07) is 0. The summed E-state index contributed by atoms with van der Waals surface area (Å²) >= 11 is 0. The van der Waals surface area contributed by atoms with Crippen molar-refractivity contribution in [2.24, 2.45) is 0 Å². The van der Waals surface area contributed by atoms with Gasteiger partial charge in [0.2, 0.25) is 5.79 Å². The van der Waals surface area contributed by atoms with E-state index in [0.29, 0.717) is 0 Å². The molecule has 3 rings (SSSR count). The summed E-state index contributed by atoms with van der Waals surface area (Å²) in [4.78, 5) is 0. The van der Waals surface area contributed by atoms with Crippen LogP contribution in [0.3, 0.4) is 0 Å². The van der Waals surface area contributed by atoms with E-state index in [2.05, 4.69) is 0 Å². The van der Waals surface area contributed by atoms with Gasteiger partial charge in [0.1, 0.15) is 37.1 Å². The van der Waals surface area contributed by atoms with Crippen molar-refractivity contribution in [3.05, 3.63) is 0 Å². The molecule has 0 aromatic heterocycles. The number of fused-ring (bicyclic) bond motifs is 3. The quantitative estimate of drug-likeness (QED) is 0.630. The second kappa shape index (κ2) is 7.48. The van der Waals surface area contributed by atoms with Crippen LogP contribution in [-0.4, -0.2) is 97.6 Å². The first-order chi connectivity index (χ1) is 11.6. The van der Waals surface area contributed by atoms with Crippen LogP contribution in [0.15, 0.2) is 0 Å². The van der Waals surface area contributed by atoms with Crippen LogP contribution in [0.25, 0.3) is 0 Å². The van der Waals surface area contributed by atoms with Crippen LogP contribution in [0.4, 0.5) is 0 Å². The molecule has 2 bridgehead atoms. The van der Waals surface area contributed by atoms with Gasteiger partial charge < -0.3 is 42.6 Å². The molecule has 0 radical (unpaired) electrons. The van der Waals surface area contributed by atoms with Crippen LogP contribution < -0.4 is 0 Å². The highest BCUT2D eigenvalue weighted by Crippen LogP contribution is 2.41. The SMILES string of the molecule is COC[C@]12OC[C@H]3O[C@H](OC)[C@@H](OC)[C@H]3O[C@H](O1)[C@H](OC)[C@H]2OC. The Balaban J connectivity index is 1.88. The van der Waals surface area contributed by atoms with Crippen molar-refractivity contribution >= 4 is 0 Å². The van der Waals surface area contributed by atoms with Gasteiger partial charge >= 0.3 is 0 Å². The molecule has 0 spiro atoms. The topological polar surface area (TPSA) is 83.1 Å².